The number of imidazole rings is 1. The fraction of sp³-hybridized carbons (Fsp3) is 0.280. The molecule has 202 valence electrons. The number of amides is 2. The standard InChI is InChI=1S/C24H24ClF2N5O3.CH2O2/c1-32-18(16-5-6-19(35-2)21(27)20(16)26)12-29-22(32)24(34)31-14-3-4-15(17(25)11-14)23(33)30-13-7-9-28-10-8-13;2-1-3/h3-6,11-13,28H,7-10H2,1-2H3,(H,30,33)(H,31,34);1H,(H,2,3). The molecule has 3 aromatic rings. The number of aromatic nitrogens is 2. The van der Waals surface area contributed by atoms with Crippen molar-refractivity contribution < 1.29 is 33.0 Å². The van der Waals surface area contributed by atoms with Crippen molar-refractivity contribution in [2.45, 2.75) is 18.9 Å². The summed E-state index contributed by atoms with van der Waals surface area (Å²) in [4.78, 5) is 37.8. The van der Waals surface area contributed by atoms with Gasteiger partial charge >= 0.3 is 0 Å². The van der Waals surface area contributed by atoms with Crippen LogP contribution in [0.25, 0.3) is 11.3 Å². The summed E-state index contributed by atoms with van der Waals surface area (Å²) in [7, 11) is 2.75. The minimum absolute atomic E-state index is 0.0283. The Kier molecular flexibility index (Phi) is 9.74. The van der Waals surface area contributed by atoms with Gasteiger partial charge in [0.2, 0.25) is 5.82 Å². The zero-order chi connectivity index (χ0) is 27.8. The monoisotopic (exact) mass is 549 g/mol. The van der Waals surface area contributed by atoms with Crippen LogP contribution < -0.4 is 20.7 Å². The van der Waals surface area contributed by atoms with Gasteiger partial charge in [-0.1, -0.05) is 11.6 Å². The summed E-state index contributed by atoms with van der Waals surface area (Å²) in [6.07, 6.45) is 2.97. The highest BCUT2D eigenvalue weighted by molar-refractivity contribution is 6.34. The lowest BCUT2D eigenvalue weighted by molar-refractivity contribution is -0.122. The Balaban J connectivity index is 0.00000127. The topological polar surface area (TPSA) is 135 Å². The van der Waals surface area contributed by atoms with Gasteiger partial charge in [-0.25, -0.2) is 9.37 Å². The highest BCUT2D eigenvalue weighted by Crippen LogP contribution is 2.30. The van der Waals surface area contributed by atoms with Gasteiger partial charge in [-0.15, -0.1) is 0 Å². The predicted octanol–water partition coefficient (Wildman–Crippen LogP) is 3.46. The average molecular weight is 550 g/mol. The third-order valence-corrected chi connectivity index (χ3v) is 6.19. The second-order valence-electron chi connectivity index (χ2n) is 8.22. The maximum atomic E-state index is 14.5. The molecule has 4 N–H and O–H groups in total. The number of benzene rings is 2. The Labute approximate surface area is 222 Å². The minimum Gasteiger partial charge on any atom is -0.494 e. The molecular weight excluding hydrogens is 524 g/mol. The predicted molar refractivity (Wildman–Crippen MR) is 137 cm³/mol. The fourth-order valence-corrected chi connectivity index (χ4v) is 4.22. The van der Waals surface area contributed by atoms with Gasteiger partial charge < -0.3 is 30.4 Å². The SMILES string of the molecule is COc1ccc(-c2cnc(C(=O)Nc3ccc(C(=O)NC4CCNCC4)c(Cl)c3)n2C)c(F)c1F.O=CO. The van der Waals surface area contributed by atoms with E-state index in [2.05, 4.69) is 20.9 Å². The molecule has 2 amide bonds. The van der Waals surface area contributed by atoms with Crippen LogP contribution in [0.2, 0.25) is 5.02 Å². The van der Waals surface area contributed by atoms with Crippen molar-refractivity contribution >= 4 is 35.6 Å². The number of carbonyl (C=O) groups excluding carboxylic acids is 2. The molecule has 10 nitrogen and oxygen atoms in total. The highest BCUT2D eigenvalue weighted by Gasteiger charge is 2.22. The Morgan fingerprint density at radius 1 is 1.18 bits per heavy atom. The number of nitrogens with one attached hydrogen (secondary N) is 3. The highest BCUT2D eigenvalue weighted by atomic mass is 35.5. The fourth-order valence-electron chi connectivity index (χ4n) is 3.95. The molecule has 1 fully saturated rings. The van der Waals surface area contributed by atoms with E-state index >= 15 is 0 Å². The molecule has 0 spiro atoms. The van der Waals surface area contributed by atoms with Crippen molar-refractivity contribution in [1.82, 2.24) is 20.2 Å². The summed E-state index contributed by atoms with van der Waals surface area (Å²) in [6, 6.07) is 7.30. The number of anilines is 1. The van der Waals surface area contributed by atoms with Gasteiger partial charge in [-0.3, -0.25) is 14.4 Å². The normalized spacial score (nSPS) is 13.2. The van der Waals surface area contributed by atoms with E-state index in [1.54, 1.807) is 6.07 Å². The van der Waals surface area contributed by atoms with Gasteiger partial charge in [0.15, 0.2) is 17.4 Å². The molecule has 2 heterocycles. The molecule has 13 heteroatoms. The Morgan fingerprint density at radius 3 is 2.50 bits per heavy atom. The van der Waals surface area contributed by atoms with E-state index < -0.39 is 17.5 Å². The number of hydrogen-bond acceptors (Lipinski definition) is 6. The van der Waals surface area contributed by atoms with Crippen LogP contribution in [0, 0.1) is 11.6 Å². The van der Waals surface area contributed by atoms with Crippen molar-refractivity contribution in [3.63, 3.8) is 0 Å². The lowest BCUT2D eigenvalue weighted by atomic mass is 10.1. The van der Waals surface area contributed by atoms with E-state index in [-0.39, 0.29) is 46.3 Å². The summed E-state index contributed by atoms with van der Waals surface area (Å²) in [5.74, 6) is -3.35. The van der Waals surface area contributed by atoms with Gasteiger partial charge in [-0.2, -0.15) is 4.39 Å². The van der Waals surface area contributed by atoms with Crippen molar-refractivity contribution in [1.29, 1.82) is 0 Å². The number of halogens is 3. The van der Waals surface area contributed by atoms with Crippen molar-refractivity contribution in [3.05, 3.63) is 64.6 Å². The largest absolute Gasteiger partial charge is 0.494 e. The van der Waals surface area contributed by atoms with E-state index in [0.717, 1.165) is 25.9 Å². The van der Waals surface area contributed by atoms with E-state index in [1.807, 2.05) is 0 Å². The number of nitrogens with zero attached hydrogens (tertiary/aromatic N) is 2. The van der Waals surface area contributed by atoms with Crippen molar-refractivity contribution in [3.8, 4) is 17.0 Å². The first-order valence-electron chi connectivity index (χ1n) is 11.5. The molecule has 0 saturated carbocycles. The molecule has 2 aromatic carbocycles. The summed E-state index contributed by atoms with van der Waals surface area (Å²) in [5, 5.41) is 15.9. The number of hydrogen-bond donors (Lipinski definition) is 4. The first kappa shape index (κ1) is 28.5. The van der Waals surface area contributed by atoms with E-state index in [0.29, 0.717) is 11.3 Å². The zero-order valence-corrected chi connectivity index (χ0v) is 21.3. The minimum atomic E-state index is -1.13. The third kappa shape index (κ3) is 6.45. The zero-order valence-electron chi connectivity index (χ0n) is 20.6. The van der Waals surface area contributed by atoms with Crippen LogP contribution in [-0.2, 0) is 11.8 Å². The number of rotatable bonds is 6. The maximum Gasteiger partial charge on any atom is 0.291 e. The molecule has 1 aliphatic rings. The van der Waals surface area contributed by atoms with Gasteiger partial charge in [0.05, 0.1) is 29.6 Å². The molecule has 4 rings (SSSR count). The summed E-state index contributed by atoms with van der Waals surface area (Å²) < 4.78 is 34.8. The third-order valence-electron chi connectivity index (χ3n) is 5.88. The average Bonchev–Trinajstić information content (AvgIpc) is 3.27. The van der Waals surface area contributed by atoms with Crippen LogP contribution in [0.1, 0.15) is 33.8 Å². The Hall–Kier alpha value is -4.03. The van der Waals surface area contributed by atoms with Crippen LogP contribution in [0.3, 0.4) is 0 Å². The van der Waals surface area contributed by atoms with E-state index in [9.17, 15) is 18.4 Å². The molecule has 1 aromatic heterocycles. The molecule has 0 aliphatic carbocycles. The number of piperidine rings is 1. The summed E-state index contributed by atoms with van der Waals surface area (Å²) >= 11 is 6.31. The maximum absolute atomic E-state index is 14.5. The van der Waals surface area contributed by atoms with Crippen molar-refractivity contribution in [2.75, 3.05) is 25.5 Å². The first-order valence-corrected chi connectivity index (χ1v) is 11.8. The van der Waals surface area contributed by atoms with Crippen LogP contribution in [0.4, 0.5) is 14.5 Å². The van der Waals surface area contributed by atoms with Crippen LogP contribution in [0.5, 0.6) is 5.75 Å². The number of methoxy groups -OCH3 is 1. The molecule has 1 saturated heterocycles. The van der Waals surface area contributed by atoms with E-state index in [1.165, 1.54) is 49.2 Å². The second-order valence-corrected chi connectivity index (χ2v) is 8.63. The molecule has 1 aliphatic heterocycles. The molecule has 0 unspecified atom stereocenters. The van der Waals surface area contributed by atoms with Crippen LogP contribution in [-0.4, -0.2) is 59.2 Å². The summed E-state index contributed by atoms with van der Waals surface area (Å²) in [5.41, 5.74) is 0.797. The molecule has 0 atom stereocenters. The second kappa shape index (κ2) is 13.0. The molecule has 0 bridgehead atoms. The number of carboxylic acid groups (broad SMARTS) is 1. The van der Waals surface area contributed by atoms with Crippen molar-refractivity contribution in [2.24, 2.45) is 7.05 Å². The number of ether oxygens (including phenoxy) is 1. The smallest absolute Gasteiger partial charge is 0.291 e. The number of carbonyl (C=O) groups is 3. The lowest BCUT2D eigenvalue weighted by Gasteiger charge is -2.23. The lowest BCUT2D eigenvalue weighted by Crippen LogP contribution is -2.42. The Bertz CT molecular complexity index is 1330. The van der Waals surface area contributed by atoms with Gasteiger partial charge in [0.1, 0.15) is 0 Å². The molecule has 0 radical (unpaired) electrons. The van der Waals surface area contributed by atoms with Gasteiger partial charge in [-0.05, 0) is 56.3 Å². The Morgan fingerprint density at radius 2 is 1.87 bits per heavy atom. The first-order chi connectivity index (χ1) is 18.2. The molecular formula is C25H26ClF2N5O5. The molecule has 38 heavy (non-hydrogen) atoms. The van der Waals surface area contributed by atoms with E-state index in [4.69, 9.17) is 26.2 Å². The van der Waals surface area contributed by atoms with Gasteiger partial charge in [0.25, 0.3) is 18.3 Å². The summed E-state index contributed by atoms with van der Waals surface area (Å²) in [6.45, 7) is 1.44. The van der Waals surface area contributed by atoms with Crippen LogP contribution in [0.15, 0.2) is 36.5 Å². The quantitative estimate of drug-likeness (QED) is 0.346. The van der Waals surface area contributed by atoms with Gasteiger partial charge in [0, 0.05) is 24.3 Å². The van der Waals surface area contributed by atoms with Crippen LogP contribution >= 0.6 is 11.6 Å².